The van der Waals surface area contributed by atoms with E-state index in [0.717, 1.165) is 5.56 Å². The molecule has 110 valence electrons. The molecule has 1 amide bonds. The predicted octanol–water partition coefficient (Wildman–Crippen LogP) is 2.81. The van der Waals surface area contributed by atoms with Crippen LogP contribution in [-0.4, -0.2) is 17.5 Å². The molecular weight excluding hydrogens is 254 g/mol. The summed E-state index contributed by atoms with van der Waals surface area (Å²) in [4.78, 5) is 23.1. The third-order valence-corrected chi connectivity index (χ3v) is 2.54. The minimum atomic E-state index is -0.466. The number of hydrogen-bond donors (Lipinski definition) is 1. The molecule has 20 heavy (non-hydrogen) atoms. The molecule has 0 saturated carbocycles. The highest BCUT2D eigenvalue weighted by Gasteiger charge is 2.16. The lowest BCUT2D eigenvalue weighted by Crippen LogP contribution is -2.25. The summed E-state index contributed by atoms with van der Waals surface area (Å²) in [5.74, 6) is -0.300. The van der Waals surface area contributed by atoms with Crippen LogP contribution in [0.15, 0.2) is 30.3 Å². The second kappa shape index (κ2) is 7.68. The number of esters is 1. The first-order chi connectivity index (χ1) is 9.37. The van der Waals surface area contributed by atoms with Gasteiger partial charge in [0.1, 0.15) is 5.60 Å². The van der Waals surface area contributed by atoms with Gasteiger partial charge in [0.2, 0.25) is 5.91 Å². The molecule has 0 heterocycles. The van der Waals surface area contributed by atoms with Crippen LogP contribution in [0, 0.1) is 0 Å². The van der Waals surface area contributed by atoms with Crippen molar-refractivity contribution in [3.8, 4) is 0 Å². The average molecular weight is 277 g/mol. The number of rotatable bonds is 6. The maximum absolute atomic E-state index is 11.6. The van der Waals surface area contributed by atoms with E-state index in [4.69, 9.17) is 4.74 Å². The van der Waals surface area contributed by atoms with E-state index in [-0.39, 0.29) is 18.3 Å². The van der Waals surface area contributed by atoms with Crippen LogP contribution >= 0.6 is 0 Å². The summed E-state index contributed by atoms with van der Waals surface area (Å²) < 4.78 is 5.18. The third-order valence-electron chi connectivity index (χ3n) is 2.54. The Morgan fingerprint density at radius 3 is 2.35 bits per heavy atom. The normalized spacial score (nSPS) is 10.9. The minimum absolute atomic E-state index is 0.0441. The van der Waals surface area contributed by atoms with E-state index in [9.17, 15) is 9.59 Å². The Kier molecular flexibility index (Phi) is 6.22. The van der Waals surface area contributed by atoms with Gasteiger partial charge in [-0.2, -0.15) is 0 Å². The van der Waals surface area contributed by atoms with Gasteiger partial charge in [-0.25, -0.2) is 0 Å². The van der Waals surface area contributed by atoms with Crippen molar-refractivity contribution in [3.63, 3.8) is 0 Å². The Morgan fingerprint density at radius 1 is 1.10 bits per heavy atom. The van der Waals surface area contributed by atoms with Gasteiger partial charge in [0.15, 0.2) is 0 Å². The number of benzene rings is 1. The van der Waals surface area contributed by atoms with Crippen LogP contribution in [0.4, 0.5) is 0 Å². The zero-order valence-electron chi connectivity index (χ0n) is 12.4. The van der Waals surface area contributed by atoms with Gasteiger partial charge in [-0.1, -0.05) is 30.3 Å². The van der Waals surface area contributed by atoms with Crippen LogP contribution in [0.3, 0.4) is 0 Å². The summed E-state index contributed by atoms with van der Waals surface area (Å²) in [6.07, 6.45) is 1.12. The number of ether oxygens (including phenoxy) is 1. The topological polar surface area (TPSA) is 55.4 Å². The van der Waals surface area contributed by atoms with Crippen LogP contribution in [0.5, 0.6) is 0 Å². The highest BCUT2D eigenvalue weighted by Crippen LogP contribution is 2.09. The van der Waals surface area contributed by atoms with Crippen molar-refractivity contribution in [1.82, 2.24) is 5.32 Å². The molecule has 1 aromatic carbocycles. The van der Waals surface area contributed by atoms with Crippen molar-refractivity contribution in [3.05, 3.63) is 35.9 Å². The fourth-order valence-corrected chi connectivity index (χ4v) is 1.67. The van der Waals surface area contributed by atoms with E-state index in [2.05, 4.69) is 5.32 Å². The molecular formula is C16H23NO3. The molecule has 0 aliphatic carbocycles. The van der Waals surface area contributed by atoms with Crippen molar-refractivity contribution >= 4 is 11.9 Å². The summed E-state index contributed by atoms with van der Waals surface area (Å²) in [5.41, 5.74) is 0.597. The Morgan fingerprint density at radius 2 is 1.75 bits per heavy atom. The van der Waals surface area contributed by atoms with Gasteiger partial charge >= 0.3 is 5.97 Å². The highest BCUT2D eigenvalue weighted by atomic mass is 16.6. The molecule has 0 aromatic heterocycles. The Labute approximate surface area is 120 Å². The van der Waals surface area contributed by atoms with Gasteiger partial charge in [-0.05, 0) is 32.8 Å². The maximum atomic E-state index is 11.6. The summed E-state index contributed by atoms with van der Waals surface area (Å²) in [5, 5.41) is 2.83. The molecule has 0 aliphatic heterocycles. The van der Waals surface area contributed by atoms with E-state index in [1.54, 1.807) is 0 Å². The van der Waals surface area contributed by atoms with Crippen molar-refractivity contribution in [2.45, 2.75) is 52.2 Å². The zero-order chi connectivity index (χ0) is 15.0. The lowest BCUT2D eigenvalue weighted by Gasteiger charge is -2.19. The first-order valence-electron chi connectivity index (χ1n) is 6.89. The maximum Gasteiger partial charge on any atom is 0.306 e. The highest BCUT2D eigenvalue weighted by molar-refractivity contribution is 5.77. The molecule has 0 unspecified atom stereocenters. The number of amides is 1. The van der Waals surface area contributed by atoms with Crippen molar-refractivity contribution < 1.29 is 14.3 Å². The molecule has 0 radical (unpaired) electrons. The Hall–Kier alpha value is -1.84. The van der Waals surface area contributed by atoms with Gasteiger partial charge in [-0.3, -0.25) is 9.59 Å². The number of nitrogens with one attached hydrogen (secondary N) is 1. The molecule has 1 N–H and O–H groups in total. The Bertz CT molecular complexity index is 435. The second-order valence-electron chi connectivity index (χ2n) is 5.70. The van der Waals surface area contributed by atoms with Crippen molar-refractivity contribution in [1.29, 1.82) is 0 Å². The zero-order valence-corrected chi connectivity index (χ0v) is 12.4. The average Bonchev–Trinajstić information content (AvgIpc) is 2.35. The van der Waals surface area contributed by atoms with E-state index < -0.39 is 5.60 Å². The van der Waals surface area contributed by atoms with Crippen LogP contribution < -0.4 is 5.32 Å². The van der Waals surface area contributed by atoms with Crippen LogP contribution in [0.25, 0.3) is 0 Å². The van der Waals surface area contributed by atoms with Gasteiger partial charge in [0.25, 0.3) is 0 Å². The SMILES string of the molecule is CC(C)(C)OC(=O)CCCC(=O)NCc1ccccc1. The molecule has 0 bridgehead atoms. The van der Waals surface area contributed by atoms with Gasteiger partial charge in [0.05, 0.1) is 0 Å². The number of carbonyl (C=O) groups is 2. The molecule has 0 fully saturated rings. The first-order valence-corrected chi connectivity index (χ1v) is 6.89. The lowest BCUT2D eigenvalue weighted by atomic mass is 10.2. The molecule has 4 nitrogen and oxygen atoms in total. The van der Waals surface area contributed by atoms with Crippen LogP contribution in [-0.2, 0) is 20.9 Å². The van der Waals surface area contributed by atoms with Crippen LogP contribution in [0.1, 0.15) is 45.6 Å². The van der Waals surface area contributed by atoms with Gasteiger partial charge in [0, 0.05) is 19.4 Å². The summed E-state index contributed by atoms with van der Waals surface area (Å²) in [7, 11) is 0. The van der Waals surface area contributed by atoms with Crippen molar-refractivity contribution in [2.75, 3.05) is 0 Å². The predicted molar refractivity (Wildman–Crippen MR) is 78.0 cm³/mol. The van der Waals surface area contributed by atoms with E-state index in [0.29, 0.717) is 19.4 Å². The fraction of sp³-hybridized carbons (Fsp3) is 0.500. The summed E-state index contributed by atoms with van der Waals surface area (Å²) in [6.45, 7) is 6.01. The molecule has 4 heteroatoms. The molecule has 0 atom stereocenters. The minimum Gasteiger partial charge on any atom is -0.460 e. The monoisotopic (exact) mass is 277 g/mol. The summed E-state index contributed by atoms with van der Waals surface area (Å²) in [6, 6.07) is 9.72. The molecule has 1 aromatic rings. The lowest BCUT2D eigenvalue weighted by molar-refractivity contribution is -0.154. The smallest absolute Gasteiger partial charge is 0.306 e. The molecule has 0 spiro atoms. The second-order valence-corrected chi connectivity index (χ2v) is 5.70. The Balaban J connectivity index is 2.16. The quantitative estimate of drug-likeness (QED) is 0.813. The number of hydrogen-bond acceptors (Lipinski definition) is 3. The van der Waals surface area contributed by atoms with E-state index in [1.165, 1.54) is 0 Å². The molecule has 0 saturated heterocycles. The van der Waals surface area contributed by atoms with Gasteiger partial charge in [-0.15, -0.1) is 0 Å². The van der Waals surface area contributed by atoms with E-state index in [1.807, 2.05) is 51.1 Å². The van der Waals surface area contributed by atoms with Crippen molar-refractivity contribution in [2.24, 2.45) is 0 Å². The summed E-state index contributed by atoms with van der Waals surface area (Å²) >= 11 is 0. The van der Waals surface area contributed by atoms with Gasteiger partial charge < -0.3 is 10.1 Å². The number of carbonyl (C=O) groups excluding carboxylic acids is 2. The largest absolute Gasteiger partial charge is 0.460 e. The molecule has 1 rings (SSSR count). The van der Waals surface area contributed by atoms with Crippen LogP contribution in [0.2, 0.25) is 0 Å². The molecule has 0 aliphatic rings. The third kappa shape index (κ3) is 7.56. The standard InChI is InChI=1S/C16H23NO3/c1-16(2,3)20-15(19)11-7-10-14(18)17-12-13-8-5-4-6-9-13/h4-6,8-9H,7,10-12H2,1-3H3,(H,17,18). The first kappa shape index (κ1) is 16.2. The van der Waals surface area contributed by atoms with E-state index >= 15 is 0 Å². The fourth-order valence-electron chi connectivity index (χ4n) is 1.67.